The Labute approximate surface area is 111 Å². The zero-order chi connectivity index (χ0) is 12.1. The maximum absolute atomic E-state index is 5.71. The number of likely N-dealkylation sites (N-methyl/N-ethyl adjacent to an activating group) is 1. The summed E-state index contributed by atoms with van der Waals surface area (Å²) in [4.78, 5) is 2.37. The van der Waals surface area contributed by atoms with Crippen molar-refractivity contribution in [2.45, 2.75) is 12.5 Å². The second kappa shape index (κ2) is 6.38. The lowest BCUT2D eigenvalue weighted by molar-refractivity contribution is 0.199. The van der Waals surface area contributed by atoms with E-state index >= 15 is 0 Å². The van der Waals surface area contributed by atoms with E-state index < -0.39 is 0 Å². The van der Waals surface area contributed by atoms with Gasteiger partial charge in [-0.1, -0.05) is 15.9 Å². The second-order valence-corrected chi connectivity index (χ2v) is 5.35. The van der Waals surface area contributed by atoms with E-state index in [2.05, 4.69) is 33.2 Å². The third-order valence-electron chi connectivity index (χ3n) is 3.18. The van der Waals surface area contributed by atoms with Gasteiger partial charge < -0.3 is 10.1 Å². The van der Waals surface area contributed by atoms with Crippen LogP contribution in [0, 0.1) is 0 Å². The van der Waals surface area contributed by atoms with Crippen molar-refractivity contribution in [1.82, 2.24) is 10.2 Å². The molecule has 1 N–H and O–H groups in total. The van der Waals surface area contributed by atoms with Gasteiger partial charge in [0.1, 0.15) is 12.4 Å². The molecule has 1 unspecified atom stereocenters. The first-order valence-corrected chi connectivity index (χ1v) is 6.84. The molecule has 0 aliphatic carbocycles. The maximum Gasteiger partial charge on any atom is 0.119 e. The fourth-order valence-corrected chi connectivity index (χ4v) is 2.30. The van der Waals surface area contributed by atoms with Gasteiger partial charge in [0, 0.05) is 23.6 Å². The topological polar surface area (TPSA) is 24.5 Å². The molecular formula is C13H19BrN2O. The number of rotatable bonds is 5. The minimum absolute atomic E-state index is 0.670. The van der Waals surface area contributed by atoms with Crippen LogP contribution in [0.25, 0.3) is 0 Å². The molecule has 1 heterocycles. The van der Waals surface area contributed by atoms with Crippen LogP contribution in [0.1, 0.15) is 6.42 Å². The number of nitrogens with one attached hydrogen (secondary N) is 1. The minimum Gasteiger partial charge on any atom is -0.492 e. The summed E-state index contributed by atoms with van der Waals surface area (Å²) in [6.07, 6.45) is 1.24. The first-order valence-electron chi connectivity index (χ1n) is 6.05. The normalized spacial score (nSPS) is 19.8. The average Bonchev–Trinajstić information content (AvgIpc) is 2.85. The molecule has 17 heavy (non-hydrogen) atoms. The summed E-state index contributed by atoms with van der Waals surface area (Å²) >= 11 is 3.41. The lowest BCUT2D eigenvalue weighted by Crippen LogP contribution is -2.36. The number of nitrogens with zero attached hydrogens (tertiary/aromatic N) is 1. The highest BCUT2D eigenvalue weighted by atomic mass is 79.9. The van der Waals surface area contributed by atoms with Crippen LogP contribution in [0.3, 0.4) is 0 Å². The summed E-state index contributed by atoms with van der Waals surface area (Å²) in [6.45, 7) is 3.97. The van der Waals surface area contributed by atoms with E-state index in [1.807, 2.05) is 24.3 Å². The van der Waals surface area contributed by atoms with Crippen LogP contribution in [0.15, 0.2) is 28.7 Å². The first kappa shape index (κ1) is 12.9. The van der Waals surface area contributed by atoms with Gasteiger partial charge in [-0.2, -0.15) is 0 Å². The molecule has 0 amide bonds. The van der Waals surface area contributed by atoms with Crippen molar-refractivity contribution in [3.8, 4) is 5.75 Å². The van der Waals surface area contributed by atoms with Crippen molar-refractivity contribution in [2.75, 3.05) is 33.3 Å². The van der Waals surface area contributed by atoms with Crippen LogP contribution in [-0.4, -0.2) is 44.2 Å². The molecule has 1 aliphatic heterocycles. The summed E-state index contributed by atoms with van der Waals surface area (Å²) < 4.78 is 6.79. The number of hydrogen-bond acceptors (Lipinski definition) is 3. The molecule has 0 saturated carbocycles. The van der Waals surface area contributed by atoms with Gasteiger partial charge in [-0.3, -0.25) is 4.90 Å². The van der Waals surface area contributed by atoms with Crippen molar-refractivity contribution in [3.05, 3.63) is 28.7 Å². The second-order valence-electron chi connectivity index (χ2n) is 4.43. The van der Waals surface area contributed by atoms with Crippen molar-refractivity contribution in [2.24, 2.45) is 0 Å². The molecule has 0 aromatic heterocycles. The quantitative estimate of drug-likeness (QED) is 0.901. The van der Waals surface area contributed by atoms with Gasteiger partial charge in [0.05, 0.1) is 0 Å². The van der Waals surface area contributed by atoms with E-state index in [-0.39, 0.29) is 0 Å². The van der Waals surface area contributed by atoms with Gasteiger partial charge in [-0.05, 0) is 44.3 Å². The Morgan fingerprint density at radius 2 is 2.18 bits per heavy atom. The van der Waals surface area contributed by atoms with Crippen LogP contribution >= 0.6 is 15.9 Å². The molecule has 4 heteroatoms. The van der Waals surface area contributed by atoms with Crippen LogP contribution in [0.5, 0.6) is 5.75 Å². The fraction of sp³-hybridized carbons (Fsp3) is 0.538. The van der Waals surface area contributed by atoms with E-state index in [0.29, 0.717) is 6.04 Å². The zero-order valence-corrected chi connectivity index (χ0v) is 11.7. The number of ether oxygens (including phenoxy) is 1. The number of benzene rings is 1. The molecule has 1 aromatic carbocycles. The van der Waals surface area contributed by atoms with Crippen LogP contribution < -0.4 is 10.1 Å². The Bertz CT molecular complexity index is 336. The van der Waals surface area contributed by atoms with Crippen molar-refractivity contribution in [1.29, 1.82) is 0 Å². The molecule has 3 nitrogen and oxygen atoms in total. The van der Waals surface area contributed by atoms with Gasteiger partial charge in [-0.25, -0.2) is 0 Å². The van der Waals surface area contributed by atoms with Crippen LogP contribution in [0.4, 0.5) is 0 Å². The summed E-state index contributed by atoms with van der Waals surface area (Å²) in [5.41, 5.74) is 0. The van der Waals surface area contributed by atoms with Crippen LogP contribution in [-0.2, 0) is 0 Å². The molecule has 0 radical (unpaired) electrons. The zero-order valence-electron chi connectivity index (χ0n) is 10.2. The molecule has 0 bridgehead atoms. The molecule has 1 aliphatic rings. The maximum atomic E-state index is 5.71. The van der Waals surface area contributed by atoms with E-state index in [9.17, 15) is 0 Å². The number of hydrogen-bond donors (Lipinski definition) is 1. The highest BCUT2D eigenvalue weighted by molar-refractivity contribution is 9.10. The Hall–Kier alpha value is -0.580. The molecular weight excluding hydrogens is 280 g/mol. The molecule has 1 aromatic rings. The van der Waals surface area contributed by atoms with Gasteiger partial charge in [0.25, 0.3) is 0 Å². The van der Waals surface area contributed by atoms with Crippen molar-refractivity contribution < 1.29 is 4.74 Å². The predicted molar refractivity (Wildman–Crippen MR) is 73.5 cm³/mol. The Kier molecular flexibility index (Phi) is 4.83. The van der Waals surface area contributed by atoms with E-state index in [1.54, 1.807) is 0 Å². The highest BCUT2D eigenvalue weighted by Crippen LogP contribution is 2.16. The van der Waals surface area contributed by atoms with Crippen LogP contribution in [0.2, 0.25) is 0 Å². The largest absolute Gasteiger partial charge is 0.492 e. The summed E-state index contributed by atoms with van der Waals surface area (Å²) in [7, 11) is 2.17. The number of halogens is 1. The SMILES string of the molecule is CN(CCOc1ccc(Br)cc1)C1CCNC1. The monoisotopic (exact) mass is 298 g/mol. The Morgan fingerprint density at radius 1 is 1.41 bits per heavy atom. The molecule has 1 saturated heterocycles. The van der Waals surface area contributed by atoms with E-state index in [1.165, 1.54) is 6.42 Å². The lowest BCUT2D eigenvalue weighted by atomic mass is 10.2. The lowest BCUT2D eigenvalue weighted by Gasteiger charge is -2.23. The molecule has 2 rings (SSSR count). The summed E-state index contributed by atoms with van der Waals surface area (Å²) in [6, 6.07) is 8.64. The van der Waals surface area contributed by atoms with Gasteiger partial charge >= 0.3 is 0 Å². The van der Waals surface area contributed by atoms with Gasteiger partial charge in [0.2, 0.25) is 0 Å². The predicted octanol–water partition coefficient (Wildman–Crippen LogP) is 2.12. The highest BCUT2D eigenvalue weighted by Gasteiger charge is 2.18. The average molecular weight is 299 g/mol. The van der Waals surface area contributed by atoms with E-state index in [4.69, 9.17) is 4.74 Å². The summed E-state index contributed by atoms with van der Waals surface area (Å²) in [5, 5.41) is 3.38. The third-order valence-corrected chi connectivity index (χ3v) is 3.71. The molecule has 1 atom stereocenters. The van der Waals surface area contributed by atoms with Crippen molar-refractivity contribution in [3.63, 3.8) is 0 Å². The molecule has 1 fully saturated rings. The standard InChI is InChI=1S/C13H19BrN2O/c1-16(12-6-7-15-10-12)8-9-17-13-4-2-11(14)3-5-13/h2-5,12,15H,6-10H2,1H3. The third kappa shape index (κ3) is 3.98. The van der Waals surface area contributed by atoms with Gasteiger partial charge in [0.15, 0.2) is 0 Å². The van der Waals surface area contributed by atoms with Crippen molar-refractivity contribution >= 4 is 15.9 Å². The Morgan fingerprint density at radius 3 is 2.82 bits per heavy atom. The Balaban J connectivity index is 1.70. The minimum atomic E-state index is 0.670. The van der Waals surface area contributed by atoms with E-state index in [0.717, 1.165) is 36.5 Å². The van der Waals surface area contributed by atoms with Gasteiger partial charge in [-0.15, -0.1) is 0 Å². The smallest absolute Gasteiger partial charge is 0.119 e. The fourth-order valence-electron chi connectivity index (χ4n) is 2.04. The molecule has 0 spiro atoms. The molecule has 94 valence electrons. The summed E-state index contributed by atoms with van der Waals surface area (Å²) in [5.74, 6) is 0.936. The first-order chi connectivity index (χ1) is 8.25.